The Hall–Kier alpha value is -1.33. The fraction of sp³-hybridized carbons (Fsp3) is 0.357. The zero-order chi connectivity index (χ0) is 14.8. The number of rotatable bonds is 5. The Labute approximate surface area is 123 Å². The van der Waals surface area contributed by atoms with Crippen LogP contribution in [0.5, 0.6) is 0 Å². The van der Waals surface area contributed by atoms with Gasteiger partial charge in [0, 0.05) is 29.8 Å². The second-order valence-corrected chi connectivity index (χ2v) is 7.25. The van der Waals surface area contributed by atoms with Gasteiger partial charge in [0.25, 0.3) is 9.05 Å². The van der Waals surface area contributed by atoms with Gasteiger partial charge in [0.05, 0.1) is 0 Å². The van der Waals surface area contributed by atoms with Crippen molar-refractivity contribution in [1.29, 1.82) is 0 Å². The maximum absolute atomic E-state index is 11.4. The average Bonchev–Trinajstić information content (AvgIpc) is 2.76. The number of hydrogen-bond acceptors (Lipinski definition) is 3. The monoisotopic (exact) mass is 312 g/mol. The summed E-state index contributed by atoms with van der Waals surface area (Å²) >= 11 is 0. The Kier molecular flexibility index (Phi) is 4.50. The molecule has 0 aliphatic rings. The lowest BCUT2D eigenvalue weighted by Crippen LogP contribution is -2.05. The van der Waals surface area contributed by atoms with Gasteiger partial charge in [-0.25, -0.2) is 13.4 Å². The van der Waals surface area contributed by atoms with E-state index >= 15 is 0 Å². The average molecular weight is 313 g/mol. The molecule has 1 aromatic heterocycles. The summed E-state index contributed by atoms with van der Waals surface area (Å²) in [5, 5.41) is -0.0730. The van der Waals surface area contributed by atoms with Crippen molar-refractivity contribution >= 4 is 19.7 Å². The van der Waals surface area contributed by atoms with Crippen LogP contribution < -0.4 is 0 Å². The molecule has 1 heterocycles. The number of aryl methyl sites for hydroxylation is 2. The van der Waals surface area contributed by atoms with Crippen LogP contribution in [0, 0.1) is 6.92 Å². The van der Waals surface area contributed by atoms with Crippen LogP contribution in [-0.4, -0.2) is 18.0 Å². The first-order chi connectivity index (χ1) is 9.41. The molecule has 4 nitrogen and oxygen atoms in total. The molecule has 0 saturated carbocycles. The lowest BCUT2D eigenvalue weighted by Gasteiger charge is -2.09. The van der Waals surface area contributed by atoms with Crippen LogP contribution in [0.1, 0.15) is 30.3 Å². The lowest BCUT2D eigenvalue weighted by molar-refractivity contribution is 0.606. The largest absolute Gasteiger partial charge is 0.329 e. The summed E-state index contributed by atoms with van der Waals surface area (Å²) in [6, 6.07) is 8.01. The lowest BCUT2D eigenvalue weighted by atomic mass is 10.1. The van der Waals surface area contributed by atoms with E-state index in [4.69, 9.17) is 10.7 Å². The van der Waals surface area contributed by atoms with Crippen LogP contribution >= 0.6 is 10.7 Å². The Bertz CT molecular complexity index is 708. The van der Waals surface area contributed by atoms with E-state index in [1.807, 2.05) is 42.7 Å². The second kappa shape index (κ2) is 5.97. The molecule has 0 spiro atoms. The first kappa shape index (κ1) is 15.1. The summed E-state index contributed by atoms with van der Waals surface area (Å²) in [5.74, 6) is 0.745. The third-order valence-electron chi connectivity index (χ3n) is 3.16. The summed E-state index contributed by atoms with van der Waals surface area (Å²) < 4.78 is 24.7. The molecule has 0 N–H and O–H groups in total. The highest BCUT2D eigenvalue weighted by Crippen LogP contribution is 2.18. The van der Waals surface area contributed by atoms with Crippen molar-refractivity contribution in [2.24, 2.45) is 0 Å². The molecule has 0 unspecified atom stereocenters. The summed E-state index contributed by atoms with van der Waals surface area (Å²) in [7, 11) is 1.59. The molecule has 0 aliphatic heterocycles. The number of hydrogen-bond donors (Lipinski definition) is 0. The van der Waals surface area contributed by atoms with Crippen molar-refractivity contribution in [3.8, 4) is 0 Å². The summed E-state index contributed by atoms with van der Waals surface area (Å²) in [6.07, 6.45) is 3.13. The third-order valence-corrected chi connectivity index (χ3v) is 4.33. The van der Waals surface area contributed by atoms with Crippen LogP contribution in [0.25, 0.3) is 0 Å². The van der Waals surface area contributed by atoms with E-state index in [1.54, 1.807) is 0 Å². The van der Waals surface area contributed by atoms with Gasteiger partial charge in [-0.2, -0.15) is 0 Å². The molecule has 0 fully saturated rings. The van der Waals surface area contributed by atoms with Crippen molar-refractivity contribution in [3.63, 3.8) is 0 Å². The minimum absolute atomic E-state index is 0.0730. The molecule has 1 aromatic carbocycles. The van der Waals surface area contributed by atoms with Crippen LogP contribution in [0.2, 0.25) is 0 Å². The molecule has 108 valence electrons. The summed E-state index contributed by atoms with van der Waals surface area (Å²) in [4.78, 5) is 4.14. The Morgan fingerprint density at radius 3 is 2.60 bits per heavy atom. The van der Waals surface area contributed by atoms with Gasteiger partial charge in [0.2, 0.25) is 0 Å². The number of benzene rings is 1. The van der Waals surface area contributed by atoms with Crippen LogP contribution in [-0.2, 0) is 22.0 Å². The zero-order valence-corrected chi connectivity index (χ0v) is 13.1. The molecule has 0 radical (unpaired) electrons. The second-order valence-electron chi connectivity index (χ2n) is 4.74. The predicted octanol–water partition coefficient (Wildman–Crippen LogP) is 3.12. The molecular formula is C14H17ClN2O2S. The van der Waals surface area contributed by atoms with Gasteiger partial charge in [-0.15, -0.1) is 0 Å². The highest BCUT2D eigenvalue weighted by Gasteiger charge is 2.17. The standard InChI is InChI=1S/C14H17ClN2O2S/c1-3-6-13-16-14(20(15,18)19)10-17(13)9-12-8-5-4-7-11(12)2/h4-5,7-8,10H,3,6,9H2,1-2H3. The van der Waals surface area contributed by atoms with Crippen molar-refractivity contribution in [2.45, 2.75) is 38.3 Å². The fourth-order valence-corrected chi connectivity index (χ4v) is 2.77. The van der Waals surface area contributed by atoms with Gasteiger partial charge in [-0.1, -0.05) is 31.2 Å². The van der Waals surface area contributed by atoms with E-state index in [2.05, 4.69) is 4.98 Å². The molecule has 0 aliphatic carbocycles. The zero-order valence-electron chi connectivity index (χ0n) is 11.5. The van der Waals surface area contributed by atoms with E-state index in [0.29, 0.717) is 6.54 Å². The van der Waals surface area contributed by atoms with E-state index in [1.165, 1.54) is 11.8 Å². The smallest absolute Gasteiger partial charge is 0.280 e. The molecule has 0 amide bonds. The van der Waals surface area contributed by atoms with E-state index in [9.17, 15) is 8.42 Å². The van der Waals surface area contributed by atoms with Crippen LogP contribution in [0.3, 0.4) is 0 Å². The number of imidazole rings is 1. The quantitative estimate of drug-likeness (QED) is 0.797. The highest BCUT2D eigenvalue weighted by molar-refractivity contribution is 8.13. The maximum atomic E-state index is 11.4. The van der Waals surface area contributed by atoms with Gasteiger partial charge >= 0.3 is 0 Å². The number of aromatic nitrogens is 2. The third kappa shape index (κ3) is 3.41. The number of nitrogens with zero attached hydrogens (tertiary/aromatic N) is 2. The molecule has 0 saturated heterocycles. The maximum Gasteiger partial charge on any atom is 0.280 e. The van der Waals surface area contributed by atoms with Crippen LogP contribution in [0.4, 0.5) is 0 Å². The van der Waals surface area contributed by atoms with Gasteiger partial charge in [-0.3, -0.25) is 0 Å². The molecule has 0 bridgehead atoms. The molecular weight excluding hydrogens is 296 g/mol. The van der Waals surface area contributed by atoms with E-state index < -0.39 is 9.05 Å². The van der Waals surface area contributed by atoms with Gasteiger partial charge in [0.1, 0.15) is 5.82 Å². The molecule has 2 aromatic rings. The Morgan fingerprint density at radius 1 is 1.30 bits per heavy atom. The summed E-state index contributed by atoms with van der Waals surface area (Å²) in [5.41, 5.74) is 2.31. The van der Waals surface area contributed by atoms with E-state index in [-0.39, 0.29) is 5.03 Å². The van der Waals surface area contributed by atoms with Crippen molar-refractivity contribution in [2.75, 3.05) is 0 Å². The highest BCUT2D eigenvalue weighted by atomic mass is 35.7. The molecule has 20 heavy (non-hydrogen) atoms. The Morgan fingerprint density at radius 2 is 2.00 bits per heavy atom. The van der Waals surface area contributed by atoms with Crippen LogP contribution in [0.15, 0.2) is 35.5 Å². The molecule has 0 atom stereocenters. The number of halogens is 1. The van der Waals surface area contributed by atoms with E-state index in [0.717, 1.165) is 24.2 Å². The van der Waals surface area contributed by atoms with Gasteiger partial charge in [0.15, 0.2) is 5.03 Å². The van der Waals surface area contributed by atoms with Crippen molar-refractivity contribution in [3.05, 3.63) is 47.4 Å². The minimum Gasteiger partial charge on any atom is -0.329 e. The summed E-state index contributed by atoms with van der Waals surface area (Å²) in [6.45, 7) is 4.66. The normalized spacial score (nSPS) is 11.8. The fourth-order valence-electron chi connectivity index (χ4n) is 2.08. The molecule has 2 rings (SSSR count). The topological polar surface area (TPSA) is 52.0 Å². The minimum atomic E-state index is -3.78. The van der Waals surface area contributed by atoms with Gasteiger partial charge < -0.3 is 4.57 Å². The van der Waals surface area contributed by atoms with Gasteiger partial charge in [-0.05, 0) is 24.5 Å². The van der Waals surface area contributed by atoms with Crippen molar-refractivity contribution in [1.82, 2.24) is 9.55 Å². The SMILES string of the molecule is CCCc1nc(S(=O)(=O)Cl)cn1Cc1ccccc1C. The van der Waals surface area contributed by atoms with Crippen molar-refractivity contribution < 1.29 is 8.42 Å². The first-order valence-corrected chi connectivity index (χ1v) is 8.78. The Balaban J connectivity index is 2.40. The first-order valence-electron chi connectivity index (χ1n) is 6.47. The predicted molar refractivity (Wildman–Crippen MR) is 79.5 cm³/mol. The molecule has 6 heteroatoms.